The van der Waals surface area contributed by atoms with Gasteiger partial charge in [-0.1, -0.05) is 13.8 Å². The van der Waals surface area contributed by atoms with E-state index in [1.807, 2.05) is 24.3 Å². The van der Waals surface area contributed by atoms with Crippen LogP contribution >= 0.6 is 0 Å². The van der Waals surface area contributed by atoms with Crippen LogP contribution in [0, 0.1) is 5.92 Å². The highest BCUT2D eigenvalue weighted by molar-refractivity contribution is 5.82. The van der Waals surface area contributed by atoms with Crippen molar-refractivity contribution in [1.82, 2.24) is 9.88 Å². The third kappa shape index (κ3) is 3.75. The van der Waals surface area contributed by atoms with E-state index in [4.69, 9.17) is 4.74 Å². The zero-order valence-electron chi connectivity index (χ0n) is 14.0. The average Bonchev–Trinajstić information content (AvgIpc) is 3.00. The second-order valence-corrected chi connectivity index (χ2v) is 6.46. The van der Waals surface area contributed by atoms with Gasteiger partial charge in [-0.05, 0) is 67.9 Å². The summed E-state index contributed by atoms with van der Waals surface area (Å²) in [6.07, 6.45) is 5.48. The maximum absolute atomic E-state index is 11.7. The predicted molar refractivity (Wildman–Crippen MR) is 94.1 cm³/mol. The van der Waals surface area contributed by atoms with Crippen LogP contribution < -0.4 is 10.3 Å². The summed E-state index contributed by atoms with van der Waals surface area (Å²) in [7, 11) is 0. The van der Waals surface area contributed by atoms with E-state index in [1.165, 1.54) is 13.0 Å². The first-order valence-electron chi connectivity index (χ1n) is 8.70. The van der Waals surface area contributed by atoms with Crippen LogP contribution in [0.15, 0.2) is 35.3 Å². The Balaban J connectivity index is 1.63. The normalized spacial score (nSPS) is 21.2. The molecule has 1 saturated carbocycles. The molecule has 1 heterocycles. The monoisotopic (exact) mass is 314 g/mol. The van der Waals surface area contributed by atoms with Crippen molar-refractivity contribution in [1.29, 1.82) is 0 Å². The largest absolute Gasteiger partial charge is 0.490 e. The highest BCUT2D eigenvalue weighted by Crippen LogP contribution is 2.30. The van der Waals surface area contributed by atoms with Crippen LogP contribution in [0.5, 0.6) is 5.75 Å². The lowest BCUT2D eigenvalue weighted by atomic mass is 10.1. The van der Waals surface area contributed by atoms with Crippen LogP contribution in [0.4, 0.5) is 0 Å². The highest BCUT2D eigenvalue weighted by atomic mass is 16.5. The highest BCUT2D eigenvalue weighted by Gasteiger charge is 2.27. The molecule has 2 aromatic rings. The van der Waals surface area contributed by atoms with E-state index < -0.39 is 0 Å². The second-order valence-electron chi connectivity index (χ2n) is 6.46. The summed E-state index contributed by atoms with van der Waals surface area (Å²) in [6.45, 7) is 7.88. The van der Waals surface area contributed by atoms with E-state index in [-0.39, 0.29) is 5.56 Å². The number of aromatic nitrogens is 1. The number of benzene rings is 1. The topological polar surface area (TPSA) is 45.3 Å². The summed E-state index contributed by atoms with van der Waals surface area (Å²) in [5.41, 5.74) is -0.0470. The molecular weight excluding hydrogens is 288 g/mol. The quantitative estimate of drug-likeness (QED) is 0.888. The molecule has 1 aromatic carbocycles. The number of H-pyrrole nitrogens is 1. The molecule has 0 amide bonds. The van der Waals surface area contributed by atoms with Gasteiger partial charge in [-0.3, -0.25) is 4.79 Å². The van der Waals surface area contributed by atoms with E-state index in [0.717, 1.165) is 43.0 Å². The molecule has 124 valence electrons. The summed E-state index contributed by atoms with van der Waals surface area (Å²) < 4.78 is 6.17. The summed E-state index contributed by atoms with van der Waals surface area (Å²) in [5.74, 6) is 1.61. The lowest BCUT2D eigenvalue weighted by Crippen LogP contribution is -2.28. The zero-order chi connectivity index (χ0) is 16.2. The van der Waals surface area contributed by atoms with Crippen molar-refractivity contribution in [3.05, 3.63) is 40.8 Å². The van der Waals surface area contributed by atoms with Crippen molar-refractivity contribution >= 4 is 10.8 Å². The Morgan fingerprint density at radius 3 is 2.83 bits per heavy atom. The number of fused-ring (bicyclic) bond motifs is 1. The van der Waals surface area contributed by atoms with Crippen LogP contribution in [0.3, 0.4) is 0 Å². The summed E-state index contributed by atoms with van der Waals surface area (Å²) in [6, 6.07) is 7.66. The van der Waals surface area contributed by atoms with Gasteiger partial charge in [-0.2, -0.15) is 0 Å². The van der Waals surface area contributed by atoms with Gasteiger partial charge in [0.05, 0.1) is 6.10 Å². The van der Waals surface area contributed by atoms with Crippen molar-refractivity contribution in [3.63, 3.8) is 0 Å². The molecule has 0 aliphatic heterocycles. The predicted octanol–water partition coefficient (Wildman–Crippen LogP) is 3.42. The maximum Gasteiger partial charge on any atom is 0.255 e. The van der Waals surface area contributed by atoms with Crippen LogP contribution in [0.1, 0.15) is 33.1 Å². The Bertz CT molecular complexity index is 706. The molecule has 1 aromatic heterocycles. The van der Waals surface area contributed by atoms with Crippen molar-refractivity contribution < 1.29 is 4.74 Å². The van der Waals surface area contributed by atoms with Gasteiger partial charge in [0.1, 0.15) is 5.75 Å². The van der Waals surface area contributed by atoms with Crippen molar-refractivity contribution in [3.8, 4) is 5.75 Å². The molecule has 0 radical (unpaired) electrons. The molecule has 4 heteroatoms. The minimum Gasteiger partial charge on any atom is -0.490 e. The lowest BCUT2D eigenvalue weighted by molar-refractivity contribution is 0.193. The van der Waals surface area contributed by atoms with Gasteiger partial charge in [-0.15, -0.1) is 0 Å². The molecular formula is C19H26N2O2. The Labute approximate surface area is 137 Å². The Kier molecular flexibility index (Phi) is 5.01. The van der Waals surface area contributed by atoms with Gasteiger partial charge in [0.15, 0.2) is 0 Å². The number of aromatic amines is 1. The van der Waals surface area contributed by atoms with Crippen LogP contribution in [0.2, 0.25) is 0 Å². The molecule has 1 fully saturated rings. The minimum atomic E-state index is -0.0470. The Morgan fingerprint density at radius 1 is 1.22 bits per heavy atom. The number of hydrogen-bond donors (Lipinski definition) is 1. The number of rotatable bonds is 6. The number of ether oxygens (including phenoxy) is 1. The van der Waals surface area contributed by atoms with Crippen molar-refractivity contribution in [2.75, 3.05) is 19.6 Å². The summed E-state index contributed by atoms with van der Waals surface area (Å²) in [4.78, 5) is 16.9. The first-order valence-corrected chi connectivity index (χ1v) is 8.70. The van der Waals surface area contributed by atoms with Crippen molar-refractivity contribution in [2.24, 2.45) is 5.92 Å². The zero-order valence-corrected chi connectivity index (χ0v) is 14.0. The van der Waals surface area contributed by atoms with Gasteiger partial charge in [0.2, 0.25) is 0 Å². The van der Waals surface area contributed by atoms with Crippen LogP contribution in [-0.2, 0) is 0 Å². The van der Waals surface area contributed by atoms with Gasteiger partial charge in [-0.25, -0.2) is 0 Å². The third-order valence-electron chi connectivity index (χ3n) is 4.95. The van der Waals surface area contributed by atoms with Gasteiger partial charge in [0.25, 0.3) is 5.56 Å². The fourth-order valence-corrected chi connectivity index (χ4v) is 3.59. The molecule has 0 bridgehead atoms. The first kappa shape index (κ1) is 16.1. The molecule has 1 aliphatic rings. The van der Waals surface area contributed by atoms with E-state index in [0.29, 0.717) is 11.5 Å². The molecule has 1 N–H and O–H groups in total. The standard InChI is InChI=1S/C19H26N2O2/c1-3-21(4-2)13-14-5-6-16(11-14)23-17-7-8-18-15(12-17)9-10-20-19(18)22/h7-10,12,14,16H,3-6,11,13H2,1-2H3,(H,20,22)/t14-,16?/m0/s1. The number of nitrogens with one attached hydrogen (secondary N) is 1. The van der Waals surface area contributed by atoms with Gasteiger partial charge < -0.3 is 14.6 Å². The van der Waals surface area contributed by atoms with Crippen molar-refractivity contribution in [2.45, 2.75) is 39.2 Å². The smallest absolute Gasteiger partial charge is 0.255 e. The molecule has 3 rings (SSSR count). The SMILES string of the molecule is CCN(CC)C[C@H]1CCC(Oc2ccc3c(=O)[nH]ccc3c2)C1. The second kappa shape index (κ2) is 7.18. The first-order chi connectivity index (χ1) is 11.2. The van der Waals surface area contributed by atoms with E-state index in [9.17, 15) is 4.79 Å². The molecule has 2 atom stereocenters. The summed E-state index contributed by atoms with van der Waals surface area (Å²) >= 11 is 0. The van der Waals surface area contributed by atoms with E-state index >= 15 is 0 Å². The summed E-state index contributed by atoms with van der Waals surface area (Å²) in [5, 5.41) is 1.65. The fourth-order valence-electron chi connectivity index (χ4n) is 3.59. The maximum atomic E-state index is 11.7. The Hall–Kier alpha value is -1.81. The van der Waals surface area contributed by atoms with E-state index in [1.54, 1.807) is 6.20 Å². The van der Waals surface area contributed by atoms with E-state index in [2.05, 4.69) is 23.7 Å². The van der Waals surface area contributed by atoms with Crippen LogP contribution in [0.25, 0.3) is 10.8 Å². The van der Waals surface area contributed by atoms with Gasteiger partial charge in [0, 0.05) is 18.1 Å². The number of pyridine rings is 1. The lowest BCUT2D eigenvalue weighted by Gasteiger charge is -2.22. The Morgan fingerprint density at radius 2 is 2.04 bits per heavy atom. The fraction of sp³-hybridized carbons (Fsp3) is 0.526. The molecule has 1 aliphatic carbocycles. The minimum absolute atomic E-state index is 0.0470. The molecule has 0 spiro atoms. The third-order valence-corrected chi connectivity index (χ3v) is 4.95. The van der Waals surface area contributed by atoms with Crippen LogP contribution in [-0.4, -0.2) is 35.6 Å². The van der Waals surface area contributed by atoms with Gasteiger partial charge >= 0.3 is 0 Å². The molecule has 4 nitrogen and oxygen atoms in total. The number of nitrogens with zero attached hydrogens (tertiary/aromatic N) is 1. The molecule has 1 unspecified atom stereocenters. The molecule has 23 heavy (non-hydrogen) atoms. The number of hydrogen-bond acceptors (Lipinski definition) is 3. The molecule has 0 saturated heterocycles. The average molecular weight is 314 g/mol.